The molecule has 3 rings (SSSR count). The number of nitrogens with zero attached hydrogens (tertiary/aromatic N) is 3. The van der Waals surface area contributed by atoms with Crippen LogP contribution in [0.4, 0.5) is 0 Å². The van der Waals surface area contributed by atoms with Crippen LogP contribution >= 0.6 is 11.6 Å². The second-order valence-electron chi connectivity index (χ2n) is 7.25. The molecule has 1 amide bonds. The number of carbonyl (C=O) groups is 1. The number of rotatable bonds is 8. The molecular formula is C19H25ClN4O4S. The van der Waals surface area contributed by atoms with Crippen LogP contribution in [0.25, 0.3) is 10.8 Å². The number of fused-ring (bicyclic) bond motifs is 1. The lowest BCUT2D eigenvalue weighted by atomic mass is 10.2. The predicted octanol–water partition coefficient (Wildman–Crippen LogP) is 1.35. The Hall–Kier alpha value is -1.78. The van der Waals surface area contributed by atoms with E-state index in [4.69, 9.17) is 16.3 Å². The number of carbonyl (C=O) groups excluding carboxylic acids is 1. The van der Waals surface area contributed by atoms with Gasteiger partial charge in [-0.2, -0.15) is 4.31 Å². The number of amides is 1. The molecule has 2 aromatic rings. The number of sulfonamides is 1. The molecule has 1 aliphatic rings. The molecule has 0 radical (unpaired) electrons. The summed E-state index contributed by atoms with van der Waals surface area (Å²) in [5, 5.41) is 4.27. The molecule has 8 nitrogen and oxygen atoms in total. The van der Waals surface area contributed by atoms with Gasteiger partial charge >= 0.3 is 0 Å². The SMILES string of the molecule is CN(C)CCOCC(=O)N[C@@H]1CCN(S(=O)(=O)c2cccc3cncc(Cl)c23)C1. The van der Waals surface area contributed by atoms with Crippen LogP contribution < -0.4 is 5.32 Å². The van der Waals surface area contributed by atoms with E-state index in [0.29, 0.717) is 35.4 Å². The van der Waals surface area contributed by atoms with Gasteiger partial charge in [-0.3, -0.25) is 9.78 Å². The fourth-order valence-corrected chi connectivity index (χ4v) is 5.32. The van der Waals surface area contributed by atoms with Gasteiger partial charge < -0.3 is 15.0 Å². The summed E-state index contributed by atoms with van der Waals surface area (Å²) in [4.78, 5) is 18.2. The number of pyridine rings is 1. The number of hydrogen-bond donors (Lipinski definition) is 1. The number of likely N-dealkylation sites (N-methyl/N-ethyl adjacent to an activating group) is 1. The summed E-state index contributed by atoms with van der Waals surface area (Å²) in [5.41, 5.74) is 0. The fourth-order valence-electron chi connectivity index (χ4n) is 3.26. The number of benzene rings is 1. The molecule has 1 aromatic heterocycles. The average molecular weight is 441 g/mol. The Morgan fingerprint density at radius 3 is 2.93 bits per heavy atom. The van der Waals surface area contributed by atoms with Crippen molar-refractivity contribution in [2.75, 3.05) is 46.9 Å². The van der Waals surface area contributed by atoms with E-state index in [-0.39, 0.29) is 30.0 Å². The molecule has 1 fully saturated rings. The van der Waals surface area contributed by atoms with Crippen LogP contribution in [0.1, 0.15) is 6.42 Å². The van der Waals surface area contributed by atoms with E-state index >= 15 is 0 Å². The summed E-state index contributed by atoms with van der Waals surface area (Å²) in [5.74, 6) is -0.243. The van der Waals surface area contributed by atoms with E-state index in [2.05, 4.69) is 10.3 Å². The van der Waals surface area contributed by atoms with Crippen LogP contribution in [0.5, 0.6) is 0 Å². The molecule has 0 bridgehead atoms. The minimum absolute atomic E-state index is 0.0387. The van der Waals surface area contributed by atoms with Crippen LogP contribution in [0.2, 0.25) is 5.02 Å². The molecule has 1 N–H and O–H groups in total. The quantitative estimate of drug-likeness (QED) is 0.623. The number of halogens is 1. The van der Waals surface area contributed by atoms with Crippen molar-refractivity contribution < 1.29 is 17.9 Å². The normalized spacial score (nSPS) is 17.9. The molecule has 0 saturated carbocycles. The van der Waals surface area contributed by atoms with E-state index in [1.165, 1.54) is 10.5 Å². The van der Waals surface area contributed by atoms with Gasteiger partial charge in [0, 0.05) is 48.8 Å². The monoisotopic (exact) mass is 440 g/mol. The van der Waals surface area contributed by atoms with Crippen LogP contribution in [0.3, 0.4) is 0 Å². The van der Waals surface area contributed by atoms with Gasteiger partial charge in [0.25, 0.3) is 0 Å². The van der Waals surface area contributed by atoms with Crippen molar-refractivity contribution in [3.8, 4) is 0 Å². The van der Waals surface area contributed by atoms with Crippen molar-refractivity contribution in [3.05, 3.63) is 35.6 Å². The molecule has 0 unspecified atom stereocenters. The first-order valence-electron chi connectivity index (χ1n) is 9.33. The molecule has 29 heavy (non-hydrogen) atoms. The van der Waals surface area contributed by atoms with E-state index < -0.39 is 10.0 Å². The molecule has 1 saturated heterocycles. The molecule has 2 heterocycles. The lowest BCUT2D eigenvalue weighted by Gasteiger charge is -2.19. The fraction of sp³-hybridized carbons (Fsp3) is 0.474. The minimum Gasteiger partial charge on any atom is -0.370 e. The van der Waals surface area contributed by atoms with Crippen molar-refractivity contribution in [2.45, 2.75) is 17.4 Å². The Kier molecular flexibility index (Phi) is 7.07. The van der Waals surface area contributed by atoms with E-state index in [1.807, 2.05) is 19.0 Å². The van der Waals surface area contributed by atoms with Crippen molar-refractivity contribution >= 4 is 38.3 Å². The van der Waals surface area contributed by atoms with Gasteiger partial charge in [0.05, 0.1) is 16.5 Å². The maximum atomic E-state index is 13.2. The third-order valence-electron chi connectivity index (χ3n) is 4.75. The van der Waals surface area contributed by atoms with Crippen molar-refractivity contribution in [1.82, 2.24) is 19.5 Å². The van der Waals surface area contributed by atoms with Gasteiger partial charge in [-0.25, -0.2) is 8.42 Å². The lowest BCUT2D eigenvalue weighted by Crippen LogP contribution is -2.40. The molecule has 158 valence electrons. The summed E-state index contributed by atoms with van der Waals surface area (Å²) in [6.07, 6.45) is 3.57. The zero-order valence-electron chi connectivity index (χ0n) is 16.5. The lowest BCUT2D eigenvalue weighted by molar-refractivity contribution is -0.126. The average Bonchev–Trinajstić information content (AvgIpc) is 3.14. The van der Waals surface area contributed by atoms with Crippen LogP contribution in [0, 0.1) is 0 Å². The standard InChI is InChI=1S/C19H25ClN4O4S/c1-23(2)8-9-28-13-18(25)22-15-6-7-24(12-15)29(26,27)17-5-3-4-14-10-21-11-16(20)19(14)17/h3-5,10-11,15H,6-9,12-13H2,1-2H3,(H,22,25)/t15-/m1/s1. The van der Waals surface area contributed by atoms with E-state index in [9.17, 15) is 13.2 Å². The highest BCUT2D eigenvalue weighted by atomic mass is 35.5. The number of nitrogens with one attached hydrogen (secondary N) is 1. The number of aromatic nitrogens is 1. The van der Waals surface area contributed by atoms with Crippen LogP contribution in [-0.2, 0) is 19.6 Å². The summed E-state index contributed by atoms with van der Waals surface area (Å²) >= 11 is 6.23. The first kappa shape index (κ1) is 21.9. The van der Waals surface area contributed by atoms with E-state index in [1.54, 1.807) is 24.4 Å². The first-order chi connectivity index (χ1) is 13.8. The van der Waals surface area contributed by atoms with Crippen LogP contribution in [-0.4, -0.2) is 81.5 Å². The Morgan fingerprint density at radius 1 is 1.38 bits per heavy atom. The van der Waals surface area contributed by atoms with Gasteiger partial charge in [0.15, 0.2) is 0 Å². The molecule has 0 spiro atoms. The van der Waals surface area contributed by atoms with Crippen molar-refractivity contribution in [2.24, 2.45) is 0 Å². The second kappa shape index (κ2) is 9.36. The van der Waals surface area contributed by atoms with Gasteiger partial charge in [0.2, 0.25) is 15.9 Å². The van der Waals surface area contributed by atoms with Gasteiger partial charge in [-0.05, 0) is 26.6 Å². The smallest absolute Gasteiger partial charge is 0.246 e. The number of ether oxygens (including phenoxy) is 1. The van der Waals surface area contributed by atoms with Crippen LogP contribution in [0.15, 0.2) is 35.5 Å². The Balaban J connectivity index is 1.65. The summed E-state index contributed by atoms with van der Waals surface area (Å²) in [6.45, 7) is 1.69. The third kappa shape index (κ3) is 5.23. The van der Waals surface area contributed by atoms with Gasteiger partial charge in [-0.1, -0.05) is 23.7 Å². The summed E-state index contributed by atoms with van der Waals surface area (Å²) in [6, 6.07) is 4.75. The van der Waals surface area contributed by atoms with Gasteiger partial charge in [-0.15, -0.1) is 0 Å². The molecular weight excluding hydrogens is 416 g/mol. The maximum absolute atomic E-state index is 13.2. The summed E-state index contributed by atoms with van der Waals surface area (Å²) < 4.78 is 33.1. The molecule has 10 heteroatoms. The van der Waals surface area contributed by atoms with Crippen molar-refractivity contribution in [1.29, 1.82) is 0 Å². The largest absolute Gasteiger partial charge is 0.370 e. The molecule has 1 aromatic carbocycles. The third-order valence-corrected chi connectivity index (χ3v) is 6.94. The second-order valence-corrected chi connectivity index (χ2v) is 9.56. The molecule has 0 aliphatic carbocycles. The first-order valence-corrected chi connectivity index (χ1v) is 11.1. The maximum Gasteiger partial charge on any atom is 0.246 e. The molecule has 1 aliphatic heterocycles. The topological polar surface area (TPSA) is 91.8 Å². The van der Waals surface area contributed by atoms with Crippen molar-refractivity contribution in [3.63, 3.8) is 0 Å². The van der Waals surface area contributed by atoms with Gasteiger partial charge in [0.1, 0.15) is 6.61 Å². The highest BCUT2D eigenvalue weighted by molar-refractivity contribution is 7.89. The molecule has 1 atom stereocenters. The summed E-state index contributed by atoms with van der Waals surface area (Å²) in [7, 11) is 0.101. The Bertz CT molecular complexity index is 978. The Morgan fingerprint density at radius 2 is 2.17 bits per heavy atom. The van der Waals surface area contributed by atoms with E-state index in [0.717, 1.165) is 6.54 Å². The minimum atomic E-state index is -3.75. The zero-order valence-corrected chi connectivity index (χ0v) is 18.0. The Labute approximate surface area is 175 Å². The highest BCUT2D eigenvalue weighted by Gasteiger charge is 2.34. The zero-order chi connectivity index (χ0) is 21.0. The number of hydrogen-bond acceptors (Lipinski definition) is 6. The predicted molar refractivity (Wildman–Crippen MR) is 111 cm³/mol. The highest BCUT2D eigenvalue weighted by Crippen LogP contribution is 2.32.